The maximum atomic E-state index is 12.8. The van der Waals surface area contributed by atoms with Crippen molar-refractivity contribution < 1.29 is 27.5 Å². The number of ether oxygens (including phenoxy) is 1. The lowest BCUT2D eigenvalue weighted by Gasteiger charge is -2.35. The smallest absolute Gasteiger partial charge is 0.379 e. The molecule has 6 nitrogen and oxygen atoms in total. The van der Waals surface area contributed by atoms with Crippen LogP contribution in [0.1, 0.15) is 22.7 Å². The molecule has 2 aromatic carbocycles. The van der Waals surface area contributed by atoms with Crippen molar-refractivity contribution in [3.05, 3.63) is 65.2 Å². The highest BCUT2D eigenvalue weighted by Gasteiger charge is 2.31. The van der Waals surface area contributed by atoms with Crippen LogP contribution in [0.25, 0.3) is 0 Å². The lowest BCUT2D eigenvalue weighted by Crippen LogP contribution is -2.45. The lowest BCUT2D eigenvalue weighted by molar-refractivity contribution is -0.137. The first-order valence-electron chi connectivity index (χ1n) is 9.89. The van der Waals surface area contributed by atoms with Crippen LogP contribution in [-0.4, -0.2) is 49.6 Å². The van der Waals surface area contributed by atoms with E-state index < -0.39 is 23.6 Å². The Morgan fingerprint density at radius 2 is 1.74 bits per heavy atom. The van der Waals surface area contributed by atoms with Gasteiger partial charge >= 0.3 is 18.0 Å². The monoisotopic (exact) mass is 435 g/mol. The van der Waals surface area contributed by atoms with Gasteiger partial charge in [0.2, 0.25) is 0 Å². The molecule has 1 fully saturated rings. The van der Waals surface area contributed by atoms with Gasteiger partial charge in [0.05, 0.1) is 24.8 Å². The number of aryl methyl sites for hydroxylation is 1. The Kier molecular flexibility index (Phi) is 7.29. The highest BCUT2D eigenvalue weighted by molar-refractivity contribution is 6.39. The molecule has 0 aliphatic carbocycles. The number of anilines is 1. The summed E-state index contributed by atoms with van der Waals surface area (Å²) in [6.07, 6.45) is -4.54. The van der Waals surface area contributed by atoms with Gasteiger partial charge in [-0.15, -0.1) is 0 Å². The van der Waals surface area contributed by atoms with E-state index in [1.807, 2.05) is 31.2 Å². The van der Waals surface area contributed by atoms with E-state index in [2.05, 4.69) is 15.5 Å². The van der Waals surface area contributed by atoms with Crippen molar-refractivity contribution >= 4 is 17.5 Å². The number of amides is 2. The summed E-state index contributed by atoms with van der Waals surface area (Å²) in [5.41, 5.74) is 1.09. The first-order valence-corrected chi connectivity index (χ1v) is 9.89. The predicted octanol–water partition coefficient (Wildman–Crippen LogP) is 3.14. The third kappa shape index (κ3) is 6.28. The van der Waals surface area contributed by atoms with Crippen molar-refractivity contribution in [3.8, 4) is 0 Å². The van der Waals surface area contributed by atoms with Crippen molar-refractivity contribution in [2.75, 3.05) is 38.2 Å². The van der Waals surface area contributed by atoms with Crippen molar-refractivity contribution in [3.63, 3.8) is 0 Å². The molecule has 166 valence electrons. The number of hydrogen-bond donors (Lipinski definition) is 2. The molecule has 9 heteroatoms. The van der Waals surface area contributed by atoms with Gasteiger partial charge in [0.25, 0.3) is 0 Å². The Labute approximate surface area is 178 Å². The van der Waals surface area contributed by atoms with Crippen molar-refractivity contribution in [2.24, 2.45) is 0 Å². The maximum Gasteiger partial charge on any atom is 0.416 e. The zero-order valence-electron chi connectivity index (χ0n) is 17.0. The number of halogens is 3. The topological polar surface area (TPSA) is 70.7 Å². The molecule has 2 amide bonds. The van der Waals surface area contributed by atoms with E-state index in [-0.39, 0.29) is 18.3 Å². The summed E-state index contributed by atoms with van der Waals surface area (Å²) in [7, 11) is 0. The fraction of sp³-hybridized carbons (Fsp3) is 0.364. The van der Waals surface area contributed by atoms with Crippen molar-refractivity contribution in [2.45, 2.75) is 19.1 Å². The van der Waals surface area contributed by atoms with Gasteiger partial charge in [0, 0.05) is 25.3 Å². The zero-order chi connectivity index (χ0) is 22.4. The first kappa shape index (κ1) is 22.8. The Balaban J connectivity index is 1.64. The van der Waals surface area contributed by atoms with Gasteiger partial charge in [-0.05, 0) is 30.7 Å². The molecular formula is C22H24F3N3O3. The molecule has 0 aromatic heterocycles. The third-order valence-corrected chi connectivity index (χ3v) is 5.06. The number of alkyl halides is 3. The fourth-order valence-corrected chi connectivity index (χ4v) is 3.37. The first-order chi connectivity index (χ1) is 14.7. The highest BCUT2D eigenvalue weighted by atomic mass is 19.4. The van der Waals surface area contributed by atoms with E-state index in [1.165, 1.54) is 12.1 Å². The molecule has 1 aliphatic rings. The molecule has 31 heavy (non-hydrogen) atoms. The van der Waals surface area contributed by atoms with Crippen LogP contribution in [0.3, 0.4) is 0 Å². The summed E-state index contributed by atoms with van der Waals surface area (Å²) >= 11 is 0. The summed E-state index contributed by atoms with van der Waals surface area (Å²) in [5.74, 6) is -1.94. The number of morpholine rings is 1. The SMILES string of the molecule is Cc1ccc([C@H](CNC(=O)C(=O)Nc2cccc(C(F)(F)F)c2)N2CCOCC2)cc1. The lowest BCUT2D eigenvalue weighted by atomic mass is 10.0. The zero-order valence-corrected chi connectivity index (χ0v) is 17.0. The van der Waals surface area contributed by atoms with Gasteiger partial charge in [-0.25, -0.2) is 0 Å². The largest absolute Gasteiger partial charge is 0.416 e. The van der Waals surface area contributed by atoms with Crippen molar-refractivity contribution in [1.82, 2.24) is 10.2 Å². The number of nitrogens with zero attached hydrogens (tertiary/aromatic N) is 1. The standard InChI is InChI=1S/C22H24F3N3O3/c1-15-5-7-16(8-6-15)19(28-9-11-31-12-10-28)14-26-20(29)21(30)27-18-4-2-3-17(13-18)22(23,24)25/h2-8,13,19H,9-12,14H2,1H3,(H,26,29)(H,27,30)/t19-/m0/s1. The van der Waals surface area contributed by atoms with E-state index in [0.717, 1.165) is 23.3 Å². The summed E-state index contributed by atoms with van der Waals surface area (Å²) < 4.78 is 43.9. The van der Waals surface area contributed by atoms with Gasteiger partial charge < -0.3 is 15.4 Å². The molecule has 2 N–H and O–H groups in total. The van der Waals surface area contributed by atoms with Crippen LogP contribution in [0.2, 0.25) is 0 Å². The van der Waals surface area contributed by atoms with Gasteiger partial charge in [0.1, 0.15) is 0 Å². The van der Waals surface area contributed by atoms with E-state index in [4.69, 9.17) is 4.74 Å². The summed E-state index contributed by atoms with van der Waals surface area (Å²) in [6.45, 7) is 4.68. The molecule has 0 unspecified atom stereocenters. The van der Waals surface area contributed by atoms with E-state index in [9.17, 15) is 22.8 Å². The molecule has 0 radical (unpaired) electrons. The second kappa shape index (κ2) is 9.93. The summed E-state index contributed by atoms with van der Waals surface area (Å²) in [4.78, 5) is 26.7. The minimum Gasteiger partial charge on any atom is -0.379 e. The molecule has 0 spiro atoms. The molecule has 1 aliphatic heterocycles. The van der Waals surface area contributed by atoms with Crippen LogP contribution < -0.4 is 10.6 Å². The normalized spacial score (nSPS) is 15.9. The maximum absolute atomic E-state index is 12.8. The third-order valence-electron chi connectivity index (χ3n) is 5.06. The van der Waals surface area contributed by atoms with Crippen LogP contribution in [0.4, 0.5) is 18.9 Å². The average Bonchev–Trinajstić information content (AvgIpc) is 2.75. The minimum absolute atomic E-state index is 0.0989. The molecule has 2 aromatic rings. The Bertz CT molecular complexity index is 910. The number of carbonyl (C=O) groups is 2. The van der Waals surface area contributed by atoms with Crippen LogP contribution in [0.5, 0.6) is 0 Å². The van der Waals surface area contributed by atoms with Crippen LogP contribution in [0.15, 0.2) is 48.5 Å². The molecule has 1 atom stereocenters. The number of carbonyl (C=O) groups excluding carboxylic acids is 2. The molecule has 1 heterocycles. The second-order valence-corrected chi connectivity index (χ2v) is 7.32. The Morgan fingerprint density at radius 1 is 1.06 bits per heavy atom. The number of hydrogen-bond acceptors (Lipinski definition) is 4. The number of rotatable bonds is 5. The van der Waals surface area contributed by atoms with E-state index >= 15 is 0 Å². The predicted molar refractivity (Wildman–Crippen MR) is 109 cm³/mol. The summed E-state index contributed by atoms with van der Waals surface area (Å²) in [5, 5.41) is 4.82. The average molecular weight is 435 g/mol. The number of benzene rings is 2. The van der Waals surface area contributed by atoms with Crippen LogP contribution in [0, 0.1) is 6.92 Å². The quantitative estimate of drug-likeness (QED) is 0.708. The molecule has 0 bridgehead atoms. The van der Waals surface area contributed by atoms with Gasteiger partial charge in [-0.3, -0.25) is 14.5 Å². The molecule has 1 saturated heterocycles. The Morgan fingerprint density at radius 3 is 2.39 bits per heavy atom. The van der Waals surface area contributed by atoms with E-state index in [1.54, 1.807) is 0 Å². The minimum atomic E-state index is -4.54. The van der Waals surface area contributed by atoms with E-state index in [0.29, 0.717) is 26.3 Å². The molecular weight excluding hydrogens is 411 g/mol. The molecule has 0 saturated carbocycles. The highest BCUT2D eigenvalue weighted by Crippen LogP contribution is 2.30. The summed E-state index contributed by atoms with van der Waals surface area (Å²) in [6, 6.07) is 11.9. The molecule has 3 rings (SSSR count). The van der Waals surface area contributed by atoms with Crippen molar-refractivity contribution in [1.29, 1.82) is 0 Å². The van der Waals surface area contributed by atoms with Gasteiger partial charge in [0.15, 0.2) is 0 Å². The van der Waals surface area contributed by atoms with Crippen LogP contribution in [-0.2, 0) is 20.5 Å². The Hall–Kier alpha value is -2.91. The second-order valence-electron chi connectivity index (χ2n) is 7.32. The fourth-order valence-electron chi connectivity index (χ4n) is 3.37. The van der Waals surface area contributed by atoms with Crippen LogP contribution >= 0.6 is 0 Å². The number of nitrogens with one attached hydrogen (secondary N) is 2. The van der Waals surface area contributed by atoms with Gasteiger partial charge in [-0.1, -0.05) is 35.9 Å². The van der Waals surface area contributed by atoms with Gasteiger partial charge in [-0.2, -0.15) is 13.2 Å².